The molecule has 0 bridgehead atoms. The number of ether oxygens (including phenoxy) is 1. The monoisotopic (exact) mass is 391 g/mol. The van der Waals surface area contributed by atoms with Gasteiger partial charge in [-0.2, -0.15) is 0 Å². The van der Waals surface area contributed by atoms with Gasteiger partial charge in [0, 0.05) is 22.0 Å². The number of thioether (sulfide) groups is 1. The number of aromatic nitrogens is 2. The van der Waals surface area contributed by atoms with E-state index in [-0.39, 0.29) is 17.5 Å². The molecule has 0 saturated carbocycles. The molecule has 26 heavy (non-hydrogen) atoms. The fraction of sp³-hybridized carbons (Fsp3) is 0.118. The Morgan fingerprint density at radius 3 is 2.85 bits per heavy atom. The van der Waals surface area contributed by atoms with Gasteiger partial charge in [-0.1, -0.05) is 0 Å². The SMILES string of the molecule is COC(=O)c1cc(-c2csc(NC(=O)CSc3ccc(F)cc3)n2)c[nH]1. The molecule has 0 fully saturated rings. The van der Waals surface area contributed by atoms with E-state index in [1.165, 1.54) is 42.3 Å². The summed E-state index contributed by atoms with van der Waals surface area (Å²) >= 11 is 2.60. The number of thiazole rings is 1. The van der Waals surface area contributed by atoms with E-state index >= 15 is 0 Å². The zero-order chi connectivity index (χ0) is 18.5. The number of carbonyl (C=O) groups excluding carboxylic acids is 2. The van der Waals surface area contributed by atoms with Crippen molar-refractivity contribution in [3.8, 4) is 11.3 Å². The number of methoxy groups -OCH3 is 1. The number of carbonyl (C=O) groups is 2. The summed E-state index contributed by atoms with van der Waals surface area (Å²) in [6.07, 6.45) is 1.65. The molecule has 0 aliphatic rings. The van der Waals surface area contributed by atoms with Crippen LogP contribution in [0.25, 0.3) is 11.3 Å². The third kappa shape index (κ3) is 4.50. The van der Waals surface area contributed by atoms with Crippen LogP contribution in [0.3, 0.4) is 0 Å². The molecule has 1 aromatic carbocycles. The molecule has 0 aliphatic carbocycles. The lowest BCUT2D eigenvalue weighted by Gasteiger charge is -2.02. The van der Waals surface area contributed by atoms with Crippen molar-refractivity contribution in [1.29, 1.82) is 0 Å². The van der Waals surface area contributed by atoms with E-state index in [4.69, 9.17) is 0 Å². The maximum Gasteiger partial charge on any atom is 0.354 e. The highest BCUT2D eigenvalue weighted by molar-refractivity contribution is 8.00. The Morgan fingerprint density at radius 1 is 1.35 bits per heavy atom. The predicted molar refractivity (Wildman–Crippen MR) is 99.0 cm³/mol. The molecule has 1 amide bonds. The van der Waals surface area contributed by atoms with Crippen LogP contribution in [0.2, 0.25) is 0 Å². The highest BCUT2D eigenvalue weighted by Gasteiger charge is 2.13. The van der Waals surface area contributed by atoms with E-state index in [9.17, 15) is 14.0 Å². The van der Waals surface area contributed by atoms with Gasteiger partial charge in [-0.15, -0.1) is 23.1 Å². The standard InChI is InChI=1S/C17H14FN3O3S2/c1-24-16(23)13-6-10(7-19-13)14-8-26-17(20-14)21-15(22)9-25-12-4-2-11(18)3-5-12/h2-8,19H,9H2,1H3,(H,20,21,22). The van der Waals surface area contributed by atoms with Gasteiger partial charge in [0.1, 0.15) is 11.5 Å². The number of amides is 1. The highest BCUT2D eigenvalue weighted by Crippen LogP contribution is 2.26. The minimum Gasteiger partial charge on any atom is -0.464 e. The summed E-state index contributed by atoms with van der Waals surface area (Å²) in [6, 6.07) is 7.59. The van der Waals surface area contributed by atoms with Gasteiger partial charge in [-0.3, -0.25) is 4.79 Å². The zero-order valence-corrected chi connectivity index (χ0v) is 15.2. The fourth-order valence-electron chi connectivity index (χ4n) is 2.07. The molecule has 134 valence electrons. The number of nitrogens with one attached hydrogen (secondary N) is 2. The van der Waals surface area contributed by atoms with Gasteiger partial charge < -0.3 is 15.0 Å². The third-order valence-electron chi connectivity index (χ3n) is 3.32. The molecule has 0 atom stereocenters. The van der Waals surface area contributed by atoms with E-state index in [0.717, 1.165) is 10.5 Å². The number of benzene rings is 1. The van der Waals surface area contributed by atoms with E-state index in [1.807, 2.05) is 0 Å². The van der Waals surface area contributed by atoms with Gasteiger partial charge in [0.05, 0.1) is 18.6 Å². The second-order valence-electron chi connectivity index (χ2n) is 5.12. The highest BCUT2D eigenvalue weighted by atomic mass is 32.2. The fourth-order valence-corrected chi connectivity index (χ4v) is 3.50. The Balaban J connectivity index is 1.57. The summed E-state index contributed by atoms with van der Waals surface area (Å²) in [4.78, 5) is 31.5. The molecule has 0 unspecified atom stereocenters. The molecule has 3 aromatic rings. The summed E-state index contributed by atoms with van der Waals surface area (Å²) in [6.45, 7) is 0. The summed E-state index contributed by atoms with van der Waals surface area (Å²) < 4.78 is 17.5. The number of hydrogen-bond donors (Lipinski definition) is 2. The number of hydrogen-bond acceptors (Lipinski definition) is 6. The normalized spacial score (nSPS) is 10.5. The molecule has 0 aliphatic heterocycles. The third-order valence-corrected chi connectivity index (χ3v) is 5.09. The summed E-state index contributed by atoms with van der Waals surface area (Å²) in [5.74, 6) is -0.784. The number of aromatic amines is 1. The van der Waals surface area contributed by atoms with E-state index in [1.54, 1.807) is 29.8 Å². The van der Waals surface area contributed by atoms with Gasteiger partial charge in [0.25, 0.3) is 0 Å². The van der Waals surface area contributed by atoms with Crippen LogP contribution in [0, 0.1) is 5.82 Å². The number of nitrogens with zero attached hydrogens (tertiary/aromatic N) is 1. The van der Waals surface area contributed by atoms with Crippen molar-refractivity contribution in [2.24, 2.45) is 0 Å². The van der Waals surface area contributed by atoms with Gasteiger partial charge in [-0.05, 0) is 30.3 Å². The first-order chi connectivity index (χ1) is 12.5. The maximum atomic E-state index is 12.9. The number of halogens is 1. The minimum absolute atomic E-state index is 0.192. The molecule has 2 N–H and O–H groups in total. The maximum absolute atomic E-state index is 12.9. The molecule has 2 heterocycles. The molecule has 2 aromatic heterocycles. The first-order valence-corrected chi connectivity index (χ1v) is 9.32. The lowest BCUT2D eigenvalue weighted by molar-refractivity contribution is -0.113. The minimum atomic E-state index is -0.460. The Labute approximate surface area is 156 Å². The topological polar surface area (TPSA) is 84.1 Å². The molecule has 6 nitrogen and oxygen atoms in total. The van der Waals surface area contributed by atoms with Crippen molar-refractivity contribution < 1.29 is 18.7 Å². The number of H-pyrrole nitrogens is 1. The Bertz CT molecular complexity index is 921. The van der Waals surface area contributed by atoms with Crippen LogP contribution in [-0.2, 0) is 9.53 Å². The average Bonchev–Trinajstić information content (AvgIpc) is 3.30. The molecule has 9 heteroatoms. The van der Waals surface area contributed by atoms with E-state index < -0.39 is 5.97 Å². The van der Waals surface area contributed by atoms with Crippen molar-refractivity contribution in [2.75, 3.05) is 18.2 Å². The first-order valence-electron chi connectivity index (χ1n) is 7.46. The largest absolute Gasteiger partial charge is 0.464 e. The predicted octanol–water partition coefficient (Wildman–Crippen LogP) is 3.79. The Kier molecular flexibility index (Phi) is 5.69. The average molecular weight is 391 g/mol. The van der Waals surface area contributed by atoms with Crippen LogP contribution < -0.4 is 5.32 Å². The number of anilines is 1. The second kappa shape index (κ2) is 8.15. The van der Waals surface area contributed by atoms with Crippen LogP contribution in [0.15, 0.2) is 46.8 Å². The lowest BCUT2D eigenvalue weighted by Crippen LogP contribution is -2.13. The molecule has 0 radical (unpaired) electrons. The van der Waals surface area contributed by atoms with Crippen LogP contribution in [-0.4, -0.2) is 34.7 Å². The summed E-state index contributed by atoms with van der Waals surface area (Å²) in [5.41, 5.74) is 1.70. The van der Waals surface area contributed by atoms with Gasteiger partial charge in [-0.25, -0.2) is 14.2 Å². The Hall–Kier alpha value is -2.65. The molecule has 0 spiro atoms. The van der Waals surface area contributed by atoms with E-state index in [2.05, 4.69) is 20.0 Å². The molecular formula is C17H14FN3O3S2. The molecule has 0 saturated heterocycles. The van der Waals surface area contributed by atoms with Crippen LogP contribution >= 0.6 is 23.1 Å². The van der Waals surface area contributed by atoms with E-state index in [0.29, 0.717) is 16.5 Å². The van der Waals surface area contributed by atoms with Crippen LogP contribution in [0.4, 0.5) is 9.52 Å². The quantitative estimate of drug-likeness (QED) is 0.493. The Morgan fingerprint density at radius 2 is 2.12 bits per heavy atom. The van der Waals surface area contributed by atoms with Gasteiger partial charge >= 0.3 is 5.97 Å². The number of rotatable bonds is 6. The van der Waals surface area contributed by atoms with Crippen molar-refractivity contribution in [1.82, 2.24) is 9.97 Å². The number of esters is 1. The van der Waals surface area contributed by atoms with Crippen molar-refractivity contribution >= 4 is 40.1 Å². The van der Waals surface area contributed by atoms with Crippen LogP contribution in [0.5, 0.6) is 0 Å². The summed E-state index contributed by atoms with van der Waals surface area (Å²) in [7, 11) is 1.31. The zero-order valence-electron chi connectivity index (χ0n) is 13.6. The smallest absolute Gasteiger partial charge is 0.354 e. The lowest BCUT2D eigenvalue weighted by atomic mass is 10.2. The second-order valence-corrected chi connectivity index (χ2v) is 7.03. The van der Waals surface area contributed by atoms with Crippen molar-refractivity contribution in [3.05, 3.63) is 53.4 Å². The summed E-state index contributed by atoms with van der Waals surface area (Å²) in [5, 5.41) is 4.97. The van der Waals surface area contributed by atoms with Crippen molar-refractivity contribution in [3.63, 3.8) is 0 Å². The van der Waals surface area contributed by atoms with Gasteiger partial charge in [0.15, 0.2) is 5.13 Å². The van der Waals surface area contributed by atoms with Crippen LogP contribution in [0.1, 0.15) is 10.5 Å². The van der Waals surface area contributed by atoms with Crippen molar-refractivity contribution in [2.45, 2.75) is 4.90 Å². The molecular weight excluding hydrogens is 377 g/mol. The first kappa shape index (κ1) is 18.2. The van der Waals surface area contributed by atoms with Gasteiger partial charge in [0.2, 0.25) is 5.91 Å². The molecule has 3 rings (SSSR count).